The quantitative estimate of drug-likeness (QED) is 0.729. The molecule has 28 heavy (non-hydrogen) atoms. The van der Waals surface area contributed by atoms with E-state index in [2.05, 4.69) is 15.3 Å². The van der Waals surface area contributed by atoms with Gasteiger partial charge >= 0.3 is 0 Å². The lowest BCUT2D eigenvalue weighted by Crippen LogP contribution is -2.31. The fraction of sp³-hybridized carbons (Fsp3) is 0.286. The van der Waals surface area contributed by atoms with Crippen molar-refractivity contribution in [2.45, 2.75) is 32.2 Å². The highest BCUT2D eigenvalue weighted by molar-refractivity contribution is 6.04. The van der Waals surface area contributed by atoms with Crippen molar-refractivity contribution in [1.82, 2.24) is 19.9 Å². The number of aryl methyl sites for hydroxylation is 2. The molecule has 0 fully saturated rings. The summed E-state index contributed by atoms with van der Waals surface area (Å²) < 4.78 is 15.2. The second kappa shape index (κ2) is 7.07. The number of aromatic nitrogens is 3. The number of hydrogen-bond acceptors (Lipinski definition) is 3. The van der Waals surface area contributed by atoms with Crippen LogP contribution in [0.25, 0.3) is 0 Å². The van der Waals surface area contributed by atoms with Crippen molar-refractivity contribution in [3.63, 3.8) is 0 Å². The molecule has 0 bridgehead atoms. The van der Waals surface area contributed by atoms with Crippen LogP contribution in [0, 0.1) is 12.7 Å². The molecular weight excluding hydrogens is 359 g/mol. The van der Waals surface area contributed by atoms with Gasteiger partial charge in [-0.2, -0.15) is 0 Å². The minimum absolute atomic E-state index is 0.0771. The molecule has 1 amide bonds. The standard InChI is InChI=1S/C21H21FN4O2/c1-12-17-15(4-3-5-16(17)27)24-18(12)21(28)25-19(20-23-10-11-26(20)2)13-6-8-14(22)9-7-13/h6-11,19,24H,3-5H2,1-2H3,(H,25,28)/t19-/m0/s1. The Bertz CT molecular complexity index is 1050. The van der Waals surface area contributed by atoms with Crippen molar-refractivity contribution in [2.75, 3.05) is 0 Å². The summed E-state index contributed by atoms with van der Waals surface area (Å²) in [4.78, 5) is 32.8. The number of Topliss-reactive ketones (excluding diaryl/α,β-unsaturated/α-hetero) is 1. The fourth-order valence-corrected chi connectivity index (χ4v) is 3.81. The first-order chi connectivity index (χ1) is 13.5. The Hall–Kier alpha value is -3.22. The van der Waals surface area contributed by atoms with Gasteiger partial charge in [0.2, 0.25) is 0 Å². The molecule has 0 spiro atoms. The van der Waals surface area contributed by atoms with E-state index in [4.69, 9.17) is 0 Å². The minimum atomic E-state index is -0.552. The molecule has 2 N–H and O–H groups in total. The van der Waals surface area contributed by atoms with E-state index in [9.17, 15) is 14.0 Å². The largest absolute Gasteiger partial charge is 0.354 e. The maximum absolute atomic E-state index is 13.4. The van der Waals surface area contributed by atoms with Gasteiger partial charge in [-0.05, 0) is 43.0 Å². The maximum Gasteiger partial charge on any atom is 0.268 e. The Morgan fingerprint density at radius 1 is 1.29 bits per heavy atom. The average Bonchev–Trinajstić information content (AvgIpc) is 3.24. The van der Waals surface area contributed by atoms with Gasteiger partial charge in [0.15, 0.2) is 5.78 Å². The topological polar surface area (TPSA) is 79.8 Å². The molecule has 1 atom stereocenters. The van der Waals surface area contributed by atoms with Gasteiger partial charge in [0.1, 0.15) is 23.4 Å². The van der Waals surface area contributed by atoms with Crippen LogP contribution in [-0.2, 0) is 13.5 Å². The zero-order valence-corrected chi connectivity index (χ0v) is 15.8. The number of aromatic amines is 1. The number of nitrogens with zero attached hydrogens (tertiary/aromatic N) is 2. The van der Waals surface area contributed by atoms with Crippen LogP contribution in [0.5, 0.6) is 0 Å². The van der Waals surface area contributed by atoms with Crippen molar-refractivity contribution in [2.24, 2.45) is 7.05 Å². The molecule has 2 aromatic heterocycles. The summed E-state index contributed by atoms with van der Waals surface area (Å²) in [6, 6.07) is 5.42. The van der Waals surface area contributed by atoms with Crippen molar-refractivity contribution < 1.29 is 14.0 Å². The molecular formula is C21H21FN4O2. The average molecular weight is 380 g/mol. The third-order valence-corrected chi connectivity index (χ3v) is 5.26. The number of fused-ring (bicyclic) bond motifs is 1. The molecule has 0 saturated carbocycles. The molecule has 1 aliphatic carbocycles. The van der Waals surface area contributed by atoms with Crippen molar-refractivity contribution in [1.29, 1.82) is 0 Å². The van der Waals surface area contributed by atoms with Crippen molar-refractivity contribution in [3.05, 3.63) is 76.4 Å². The predicted molar refractivity (Wildman–Crippen MR) is 102 cm³/mol. The van der Waals surface area contributed by atoms with Gasteiger partial charge in [-0.25, -0.2) is 9.37 Å². The van der Waals surface area contributed by atoms with E-state index < -0.39 is 6.04 Å². The van der Waals surface area contributed by atoms with E-state index in [0.717, 1.165) is 18.5 Å². The number of H-pyrrole nitrogens is 1. The molecule has 3 aromatic rings. The Morgan fingerprint density at radius 2 is 2.04 bits per heavy atom. The number of nitrogens with one attached hydrogen (secondary N) is 2. The predicted octanol–water partition coefficient (Wildman–Crippen LogP) is 3.23. The molecule has 0 saturated heterocycles. The number of ketones is 1. The minimum Gasteiger partial charge on any atom is -0.354 e. The summed E-state index contributed by atoms with van der Waals surface area (Å²) in [6.45, 7) is 1.79. The van der Waals surface area contributed by atoms with Gasteiger partial charge in [0.05, 0.1) is 0 Å². The van der Waals surface area contributed by atoms with Crippen LogP contribution >= 0.6 is 0 Å². The Balaban J connectivity index is 1.70. The number of rotatable bonds is 4. The Labute approximate surface area is 161 Å². The molecule has 144 valence electrons. The first-order valence-corrected chi connectivity index (χ1v) is 9.24. The molecule has 6 nitrogen and oxygen atoms in total. The van der Waals surface area contributed by atoms with Gasteiger partial charge in [-0.3, -0.25) is 9.59 Å². The summed E-state index contributed by atoms with van der Waals surface area (Å²) in [7, 11) is 1.84. The van der Waals surface area contributed by atoms with Gasteiger partial charge in [-0.15, -0.1) is 0 Å². The van der Waals surface area contributed by atoms with Crippen LogP contribution < -0.4 is 5.32 Å². The fourth-order valence-electron chi connectivity index (χ4n) is 3.81. The summed E-state index contributed by atoms with van der Waals surface area (Å²) in [5, 5.41) is 2.99. The Morgan fingerprint density at radius 3 is 2.68 bits per heavy atom. The van der Waals surface area contributed by atoms with Crippen molar-refractivity contribution >= 4 is 11.7 Å². The van der Waals surface area contributed by atoms with Crippen LogP contribution in [0.1, 0.15) is 62.4 Å². The van der Waals surface area contributed by atoms with Crippen LogP contribution in [0.3, 0.4) is 0 Å². The first-order valence-electron chi connectivity index (χ1n) is 9.24. The van der Waals surface area contributed by atoms with Crippen LogP contribution in [0.4, 0.5) is 4.39 Å². The summed E-state index contributed by atoms with van der Waals surface area (Å²) in [6.07, 6.45) is 5.50. The van der Waals surface area contributed by atoms with Gasteiger partial charge in [0.25, 0.3) is 5.91 Å². The molecule has 7 heteroatoms. The second-order valence-electron chi connectivity index (χ2n) is 7.11. The molecule has 2 heterocycles. The van der Waals surface area contributed by atoms with Crippen LogP contribution in [0.2, 0.25) is 0 Å². The third kappa shape index (κ3) is 3.13. The zero-order chi connectivity index (χ0) is 19.8. The van der Waals surface area contributed by atoms with E-state index >= 15 is 0 Å². The number of carbonyl (C=O) groups is 2. The van der Waals surface area contributed by atoms with E-state index in [-0.39, 0.29) is 17.5 Å². The van der Waals surface area contributed by atoms with E-state index in [0.29, 0.717) is 34.6 Å². The van der Waals surface area contributed by atoms with Gasteiger partial charge < -0.3 is 14.9 Å². The van der Waals surface area contributed by atoms with Gasteiger partial charge in [-0.1, -0.05) is 12.1 Å². The molecule has 0 aliphatic heterocycles. The highest BCUT2D eigenvalue weighted by Gasteiger charge is 2.28. The first kappa shape index (κ1) is 18.2. The number of benzene rings is 1. The number of hydrogen-bond donors (Lipinski definition) is 2. The monoisotopic (exact) mass is 380 g/mol. The smallest absolute Gasteiger partial charge is 0.268 e. The number of imidazole rings is 1. The lowest BCUT2D eigenvalue weighted by molar-refractivity contribution is 0.0935. The lowest BCUT2D eigenvalue weighted by Gasteiger charge is -2.19. The normalized spacial score (nSPS) is 14.6. The summed E-state index contributed by atoms with van der Waals surface area (Å²) in [5.74, 6) is 0.0373. The SMILES string of the molecule is Cc1c(C(=O)N[C@@H](c2ccc(F)cc2)c2nccn2C)[nH]c2c1C(=O)CCC2. The van der Waals surface area contributed by atoms with Crippen LogP contribution in [-0.4, -0.2) is 26.2 Å². The van der Waals surface area contributed by atoms with E-state index in [1.165, 1.54) is 12.1 Å². The molecule has 1 aromatic carbocycles. The number of halogens is 1. The highest BCUT2D eigenvalue weighted by atomic mass is 19.1. The summed E-state index contributed by atoms with van der Waals surface area (Å²) in [5.41, 5.74) is 3.26. The summed E-state index contributed by atoms with van der Waals surface area (Å²) >= 11 is 0. The molecule has 0 radical (unpaired) electrons. The zero-order valence-electron chi connectivity index (χ0n) is 15.8. The highest BCUT2D eigenvalue weighted by Crippen LogP contribution is 2.27. The Kier molecular flexibility index (Phi) is 4.58. The molecule has 0 unspecified atom stereocenters. The van der Waals surface area contributed by atoms with E-state index in [1.807, 2.05) is 11.6 Å². The van der Waals surface area contributed by atoms with E-state index in [1.54, 1.807) is 31.5 Å². The number of carbonyl (C=O) groups excluding carboxylic acids is 2. The van der Waals surface area contributed by atoms with Crippen LogP contribution in [0.15, 0.2) is 36.7 Å². The third-order valence-electron chi connectivity index (χ3n) is 5.26. The molecule has 1 aliphatic rings. The lowest BCUT2D eigenvalue weighted by atomic mass is 9.93. The molecule has 4 rings (SSSR count). The van der Waals surface area contributed by atoms with Gasteiger partial charge in [0, 0.05) is 37.1 Å². The maximum atomic E-state index is 13.4. The number of amides is 1. The van der Waals surface area contributed by atoms with Crippen molar-refractivity contribution in [3.8, 4) is 0 Å². The second-order valence-corrected chi connectivity index (χ2v) is 7.11.